The first kappa shape index (κ1) is 21.8. The fourth-order valence-electron chi connectivity index (χ4n) is 3.81. The zero-order chi connectivity index (χ0) is 22.2. The van der Waals surface area contributed by atoms with Crippen LogP contribution in [0.25, 0.3) is 11.5 Å². The smallest absolute Gasteiger partial charge is 0.214 e. The number of hydrogen-bond donors (Lipinski definition) is 1. The van der Waals surface area contributed by atoms with E-state index in [2.05, 4.69) is 30.4 Å². The fraction of sp³-hybridized carbons (Fsp3) is 0.500. The number of aryl methyl sites for hydroxylation is 2. The van der Waals surface area contributed by atoms with E-state index in [9.17, 15) is 12.8 Å². The van der Waals surface area contributed by atoms with Crippen LogP contribution in [-0.4, -0.2) is 66.7 Å². The van der Waals surface area contributed by atoms with Gasteiger partial charge < -0.3 is 4.98 Å². The average molecular weight is 469 g/mol. The molecule has 2 atom stereocenters. The summed E-state index contributed by atoms with van der Waals surface area (Å²) in [7, 11) is -1.82. The number of tetrazole rings is 1. The number of piperidine rings is 1. The number of imidazole rings is 1. The van der Waals surface area contributed by atoms with Crippen molar-refractivity contribution < 1.29 is 12.8 Å². The van der Waals surface area contributed by atoms with E-state index in [0.717, 1.165) is 11.9 Å². The van der Waals surface area contributed by atoms with Crippen LogP contribution in [0.3, 0.4) is 0 Å². The Morgan fingerprint density at radius 1 is 1.35 bits per heavy atom. The minimum absolute atomic E-state index is 0.0160. The summed E-state index contributed by atoms with van der Waals surface area (Å²) in [5.41, 5.74) is 1.23. The van der Waals surface area contributed by atoms with Gasteiger partial charge in [0, 0.05) is 25.4 Å². The molecular formula is C18H22ClFN8O2S. The molecule has 31 heavy (non-hydrogen) atoms. The van der Waals surface area contributed by atoms with Gasteiger partial charge in [-0.3, -0.25) is 0 Å². The molecule has 0 spiro atoms. The fourth-order valence-corrected chi connectivity index (χ4v) is 5.63. The van der Waals surface area contributed by atoms with E-state index in [-0.39, 0.29) is 24.0 Å². The van der Waals surface area contributed by atoms with Gasteiger partial charge in [-0.25, -0.2) is 27.1 Å². The van der Waals surface area contributed by atoms with Crippen LogP contribution >= 0.6 is 11.6 Å². The molecule has 0 unspecified atom stereocenters. The number of aromatic nitrogens is 7. The van der Waals surface area contributed by atoms with Crippen molar-refractivity contribution in [2.75, 3.05) is 18.8 Å². The number of sulfonamides is 1. The van der Waals surface area contributed by atoms with Crippen LogP contribution < -0.4 is 0 Å². The van der Waals surface area contributed by atoms with Gasteiger partial charge in [0.2, 0.25) is 10.0 Å². The molecule has 0 bridgehead atoms. The van der Waals surface area contributed by atoms with E-state index in [1.54, 1.807) is 7.05 Å². The molecule has 166 valence electrons. The summed E-state index contributed by atoms with van der Waals surface area (Å²) in [6.45, 7) is 2.74. The summed E-state index contributed by atoms with van der Waals surface area (Å²) in [5.74, 6) is 0.395. The third-order valence-corrected chi connectivity index (χ3v) is 7.55. The molecule has 3 aromatic heterocycles. The average Bonchev–Trinajstić information content (AvgIpc) is 3.32. The van der Waals surface area contributed by atoms with E-state index in [4.69, 9.17) is 11.6 Å². The van der Waals surface area contributed by atoms with Crippen LogP contribution in [0.15, 0.2) is 18.3 Å². The maximum atomic E-state index is 13.1. The molecule has 3 aromatic rings. The molecule has 1 fully saturated rings. The summed E-state index contributed by atoms with van der Waals surface area (Å²) in [6, 6.07) is 2.83. The summed E-state index contributed by atoms with van der Waals surface area (Å²) in [4.78, 5) is 12.9. The Labute approximate surface area is 183 Å². The Bertz CT molecular complexity index is 1160. The van der Waals surface area contributed by atoms with E-state index >= 15 is 0 Å². The van der Waals surface area contributed by atoms with Crippen molar-refractivity contribution in [3.05, 3.63) is 40.8 Å². The first-order valence-electron chi connectivity index (χ1n) is 9.81. The van der Waals surface area contributed by atoms with Crippen molar-refractivity contribution in [2.24, 2.45) is 13.0 Å². The SMILES string of the molecule is C[C@H]1CN(S(=O)(=O)CCc2nnn(C)n2)CC[C@H]1c1[nH]c(-c2ccc(F)cn2)nc1Cl. The first-order valence-corrected chi connectivity index (χ1v) is 11.8. The number of halogens is 2. The van der Waals surface area contributed by atoms with Gasteiger partial charge in [0.25, 0.3) is 0 Å². The summed E-state index contributed by atoms with van der Waals surface area (Å²) in [6.07, 6.45) is 1.93. The maximum absolute atomic E-state index is 13.1. The van der Waals surface area contributed by atoms with Crippen LogP contribution in [0.2, 0.25) is 5.15 Å². The number of aromatic amines is 1. The molecule has 13 heteroatoms. The minimum Gasteiger partial charge on any atom is -0.339 e. The van der Waals surface area contributed by atoms with Crippen molar-refractivity contribution in [1.29, 1.82) is 0 Å². The van der Waals surface area contributed by atoms with Crippen LogP contribution in [-0.2, 0) is 23.5 Å². The van der Waals surface area contributed by atoms with E-state index in [1.807, 2.05) is 6.92 Å². The normalized spacial score (nSPS) is 20.3. The van der Waals surface area contributed by atoms with Gasteiger partial charge in [-0.05, 0) is 29.7 Å². The number of nitrogens with one attached hydrogen (secondary N) is 1. The van der Waals surface area contributed by atoms with Crippen molar-refractivity contribution in [1.82, 2.24) is 39.5 Å². The summed E-state index contributed by atoms with van der Waals surface area (Å²) < 4.78 is 40.2. The molecule has 10 nitrogen and oxygen atoms in total. The molecule has 0 saturated carbocycles. The molecular weight excluding hydrogens is 447 g/mol. The van der Waals surface area contributed by atoms with E-state index < -0.39 is 15.8 Å². The molecule has 1 aliphatic rings. The second-order valence-electron chi connectivity index (χ2n) is 7.64. The van der Waals surface area contributed by atoms with Gasteiger partial charge in [-0.1, -0.05) is 18.5 Å². The maximum Gasteiger partial charge on any atom is 0.214 e. The van der Waals surface area contributed by atoms with E-state index in [0.29, 0.717) is 42.0 Å². The van der Waals surface area contributed by atoms with Gasteiger partial charge >= 0.3 is 0 Å². The van der Waals surface area contributed by atoms with Gasteiger partial charge in [-0.2, -0.15) is 4.80 Å². The largest absolute Gasteiger partial charge is 0.339 e. The van der Waals surface area contributed by atoms with Crippen molar-refractivity contribution in [3.8, 4) is 11.5 Å². The van der Waals surface area contributed by atoms with Gasteiger partial charge in [0.15, 0.2) is 16.8 Å². The molecule has 4 heterocycles. The quantitative estimate of drug-likeness (QED) is 0.585. The zero-order valence-electron chi connectivity index (χ0n) is 17.0. The highest BCUT2D eigenvalue weighted by Crippen LogP contribution is 2.37. The number of nitrogens with zero attached hydrogens (tertiary/aromatic N) is 7. The molecule has 0 radical (unpaired) electrons. The Morgan fingerprint density at radius 3 is 2.81 bits per heavy atom. The van der Waals surface area contributed by atoms with E-state index in [1.165, 1.54) is 21.2 Å². The number of hydrogen-bond acceptors (Lipinski definition) is 7. The standard InChI is InChI=1S/C18H22ClFN8O2S/c1-11-10-28(31(29,30)8-6-15-24-26-27(2)25-15)7-5-13(11)16-17(19)23-18(22-16)14-4-3-12(20)9-21-14/h3-4,9,11,13H,5-8,10H2,1-2H3,(H,22,23)/t11-,13+/m0/s1. The summed E-state index contributed by atoms with van der Waals surface area (Å²) >= 11 is 6.37. The number of rotatable bonds is 6. The van der Waals surface area contributed by atoms with Gasteiger partial charge in [-0.15, -0.1) is 10.2 Å². The van der Waals surface area contributed by atoms with Crippen LogP contribution in [0.1, 0.15) is 30.8 Å². The third kappa shape index (κ3) is 4.75. The van der Waals surface area contributed by atoms with Crippen LogP contribution in [0.5, 0.6) is 0 Å². The highest BCUT2D eigenvalue weighted by molar-refractivity contribution is 7.89. The highest BCUT2D eigenvalue weighted by atomic mass is 35.5. The molecule has 1 aliphatic heterocycles. The van der Waals surface area contributed by atoms with Gasteiger partial charge in [0.1, 0.15) is 11.5 Å². The van der Waals surface area contributed by atoms with Crippen LogP contribution in [0.4, 0.5) is 4.39 Å². The van der Waals surface area contributed by atoms with Crippen molar-refractivity contribution in [2.45, 2.75) is 25.7 Å². The highest BCUT2D eigenvalue weighted by Gasteiger charge is 2.35. The molecule has 1 saturated heterocycles. The van der Waals surface area contributed by atoms with Crippen molar-refractivity contribution in [3.63, 3.8) is 0 Å². The first-order chi connectivity index (χ1) is 14.7. The lowest BCUT2D eigenvalue weighted by Crippen LogP contribution is -2.43. The summed E-state index contributed by atoms with van der Waals surface area (Å²) in [5, 5.41) is 11.9. The van der Waals surface area contributed by atoms with Crippen molar-refractivity contribution >= 4 is 21.6 Å². The molecule has 0 aliphatic carbocycles. The molecule has 4 rings (SSSR count). The minimum atomic E-state index is -3.45. The Kier molecular flexibility index (Phi) is 6.04. The molecule has 0 aromatic carbocycles. The molecule has 1 N–H and O–H groups in total. The number of pyridine rings is 1. The Balaban J connectivity index is 1.44. The lowest BCUT2D eigenvalue weighted by atomic mass is 9.86. The van der Waals surface area contributed by atoms with Gasteiger partial charge in [0.05, 0.1) is 24.7 Å². The lowest BCUT2D eigenvalue weighted by Gasteiger charge is -2.35. The predicted molar refractivity (Wildman–Crippen MR) is 111 cm³/mol. The second-order valence-corrected chi connectivity index (χ2v) is 10.1. The molecule has 0 amide bonds. The Hall–Kier alpha value is -2.44. The zero-order valence-corrected chi connectivity index (χ0v) is 18.6. The second kappa shape index (κ2) is 8.60. The van der Waals surface area contributed by atoms with Crippen LogP contribution in [0, 0.1) is 11.7 Å². The monoisotopic (exact) mass is 468 g/mol. The third-order valence-electron chi connectivity index (χ3n) is 5.42. The lowest BCUT2D eigenvalue weighted by molar-refractivity contribution is 0.246. The number of H-pyrrole nitrogens is 1. The predicted octanol–water partition coefficient (Wildman–Crippen LogP) is 1.79. The topological polar surface area (TPSA) is 123 Å². The Morgan fingerprint density at radius 2 is 2.16 bits per heavy atom.